The second-order valence-corrected chi connectivity index (χ2v) is 6.40. The summed E-state index contributed by atoms with van der Waals surface area (Å²) in [4.78, 5) is 7.55. The van der Waals surface area contributed by atoms with E-state index in [0.717, 1.165) is 19.6 Å². The maximum atomic E-state index is 6.02. The largest absolute Gasteiger partial charge is 0.366 e. The van der Waals surface area contributed by atoms with E-state index in [1.807, 2.05) is 0 Å². The van der Waals surface area contributed by atoms with Gasteiger partial charge >= 0.3 is 0 Å². The van der Waals surface area contributed by atoms with E-state index in [1.54, 1.807) is 0 Å². The third kappa shape index (κ3) is 3.39. The topological polar surface area (TPSA) is 35.7 Å². The fourth-order valence-corrected chi connectivity index (χ4v) is 3.55. The first kappa shape index (κ1) is 14.8. The quantitative estimate of drug-likeness (QED) is 0.897. The van der Waals surface area contributed by atoms with Crippen LogP contribution in [0.5, 0.6) is 0 Å². The zero-order valence-electron chi connectivity index (χ0n) is 13.2. The lowest BCUT2D eigenvalue weighted by molar-refractivity contribution is 0.156. The highest BCUT2D eigenvalue weighted by Gasteiger charge is 2.25. The van der Waals surface area contributed by atoms with Gasteiger partial charge in [-0.1, -0.05) is 18.2 Å². The number of hydrogen-bond acceptors (Lipinski definition) is 4. The second-order valence-electron chi connectivity index (χ2n) is 6.40. The van der Waals surface area contributed by atoms with Crippen molar-refractivity contribution in [2.45, 2.75) is 18.9 Å². The molecule has 4 nitrogen and oxygen atoms in total. The summed E-state index contributed by atoms with van der Waals surface area (Å²) < 4.78 is 0. The number of rotatable bonds is 4. The Balaban J connectivity index is 1.65. The Labute approximate surface area is 128 Å². The highest BCUT2D eigenvalue weighted by Crippen LogP contribution is 2.29. The highest BCUT2D eigenvalue weighted by atomic mass is 15.3. The Morgan fingerprint density at radius 2 is 1.86 bits per heavy atom. The zero-order valence-corrected chi connectivity index (χ0v) is 13.2. The standard InChI is InChI=1S/C17H28N4/c1-19-8-10-20(11-9-19)12-13-21-16(14-18)7-6-15-4-2-3-5-17(15)21/h2-5,16H,6-14,18H2,1H3. The molecule has 4 heteroatoms. The van der Waals surface area contributed by atoms with E-state index in [2.05, 4.69) is 46.0 Å². The van der Waals surface area contributed by atoms with E-state index in [9.17, 15) is 0 Å². The summed E-state index contributed by atoms with van der Waals surface area (Å²) in [5.41, 5.74) is 8.91. The first-order valence-electron chi connectivity index (χ1n) is 8.23. The summed E-state index contributed by atoms with van der Waals surface area (Å²) in [7, 11) is 2.21. The summed E-state index contributed by atoms with van der Waals surface area (Å²) in [6, 6.07) is 9.35. The fraction of sp³-hybridized carbons (Fsp3) is 0.647. The van der Waals surface area contributed by atoms with Gasteiger partial charge in [0, 0.05) is 57.5 Å². The molecule has 1 fully saturated rings. The van der Waals surface area contributed by atoms with Gasteiger partial charge in [-0.3, -0.25) is 4.90 Å². The van der Waals surface area contributed by atoms with Crippen molar-refractivity contribution in [3.8, 4) is 0 Å². The molecule has 1 saturated heterocycles. The van der Waals surface area contributed by atoms with E-state index in [4.69, 9.17) is 5.73 Å². The third-order valence-electron chi connectivity index (χ3n) is 5.01. The number of fused-ring (bicyclic) bond motifs is 1. The van der Waals surface area contributed by atoms with Crippen molar-refractivity contribution in [3.63, 3.8) is 0 Å². The monoisotopic (exact) mass is 288 g/mol. The van der Waals surface area contributed by atoms with Gasteiger partial charge in [0.2, 0.25) is 0 Å². The van der Waals surface area contributed by atoms with Gasteiger partial charge in [-0.2, -0.15) is 0 Å². The molecular weight excluding hydrogens is 260 g/mol. The molecule has 3 rings (SSSR count). The number of nitrogens with zero attached hydrogens (tertiary/aromatic N) is 3. The van der Waals surface area contributed by atoms with E-state index >= 15 is 0 Å². The molecule has 1 aromatic carbocycles. The van der Waals surface area contributed by atoms with Crippen LogP contribution in [0.4, 0.5) is 5.69 Å². The van der Waals surface area contributed by atoms with Crippen molar-refractivity contribution >= 4 is 5.69 Å². The number of benzene rings is 1. The van der Waals surface area contributed by atoms with Crippen LogP contribution in [-0.4, -0.2) is 68.7 Å². The Bertz CT molecular complexity index is 454. The summed E-state index contributed by atoms with van der Waals surface area (Å²) in [6.07, 6.45) is 2.36. The number of aryl methyl sites for hydroxylation is 1. The minimum absolute atomic E-state index is 0.507. The van der Waals surface area contributed by atoms with Crippen LogP contribution in [0, 0.1) is 0 Å². The smallest absolute Gasteiger partial charge is 0.0416 e. The SMILES string of the molecule is CN1CCN(CCN2c3ccccc3CCC2CN)CC1. The Morgan fingerprint density at radius 3 is 2.62 bits per heavy atom. The zero-order chi connectivity index (χ0) is 14.7. The molecule has 1 aromatic rings. The number of para-hydroxylation sites is 1. The molecule has 1 unspecified atom stereocenters. The molecule has 2 aliphatic rings. The molecule has 0 amide bonds. The van der Waals surface area contributed by atoms with Crippen molar-refractivity contribution in [3.05, 3.63) is 29.8 Å². The van der Waals surface area contributed by atoms with E-state index in [0.29, 0.717) is 6.04 Å². The van der Waals surface area contributed by atoms with Gasteiger partial charge in [-0.05, 0) is 31.5 Å². The minimum Gasteiger partial charge on any atom is -0.366 e. The van der Waals surface area contributed by atoms with Gasteiger partial charge in [0.25, 0.3) is 0 Å². The van der Waals surface area contributed by atoms with Crippen LogP contribution in [0.1, 0.15) is 12.0 Å². The molecule has 2 heterocycles. The minimum atomic E-state index is 0.507. The van der Waals surface area contributed by atoms with Crippen molar-refractivity contribution in [2.24, 2.45) is 5.73 Å². The van der Waals surface area contributed by atoms with Crippen LogP contribution < -0.4 is 10.6 Å². The average Bonchev–Trinajstić information content (AvgIpc) is 2.54. The summed E-state index contributed by atoms with van der Waals surface area (Å²) in [6.45, 7) is 7.78. The number of anilines is 1. The van der Waals surface area contributed by atoms with Gasteiger partial charge in [0.05, 0.1) is 0 Å². The fourth-order valence-electron chi connectivity index (χ4n) is 3.55. The van der Waals surface area contributed by atoms with Crippen molar-refractivity contribution in [1.82, 2.24) is 9.80 Å². The van der Waals surface area contributed by atoms with Gasteiger partial charge in [0.1, 0.15) is 0 Å². The van der Waals surface area contributed by atoms with Gasteiger partial charge in [-0.15, -0.1) is 0 Å². The molecule has 2 aliphatic heterocycles. The van der Waals surface area contributed by atoms with Crippen molar-refractivity contribution in [2.75, 3.05) is 57.8 Å². The van der Waals surface area contributed by atoms with E-state index in [1.165, 1.54) is 50.3 Å². The molecule has 0 radical (unpaired) electrons. The first-order chi connectivity index (χ1) is 10.3. The predicted octanol–water partition coefficient (Wildman–Crippen LogP) is 1.01. The lowest BCUT2D eigenvalue weighted by Gasteiger charge is -2.40. The normalized spacial score (nSPS) is 24.1. The Morgan fingerprint density at radius 1 is 1.10 bits per heavy atom. The van der Waals surface area contributed by atoms with Gasteiger partial charge in [-0.25, -0.2) is 0 Å². The van der Waals surface area contributed by atoms with Crippen LogP contribution in [-0.2, 0) is 6.42 Å². The lowest BCUT2D eigenvalue weighted by Crippen LogP contribution is -2.50. The molecule has 21 heavy (non-hydrogen) atoms. The number of hydrogen-bond donors (Lipinski definition) is 1. The summed E-state index contributed by atoms with van der Waals surface area (Å²) in [5.74, 6) is 0. The maximum absolute atomic E-state index is 6.02. The van der Waals surface area contributed by atoms with E-state index < -0.39 is 0 Å². The highest BCUT2D eigenvalue weighted by molar-refractivity contribution is 5.56. The molecule has 1 atom stereocenters. The third-order valence-corrected chi connectivity index (χ3v) is 5.01. The number of likely N-dealkylation sites (N-methyl/N-ethyl adjacent to an activating group) is 1. The number of nitrogens with two attached hydrogens (primary N) is 1. The first-order valence-corrected chi connectivity index (χ1v) is 8.23. The summed E-state index contributed by atoms with van der Waals surface area (Å²) >= 11 is 0. The molecule has 2 N–H and O–H groups in total. The van der Waals surface area contributed by atoms with Crippen LogP contribution in [0.3, 0.4) is 0 Å². The molecule has 0 aromatic heterocycles. The van der Waals surface area contributed by atoms with Crippen LogP contribution in [0.25, 0.3) is 0 Å². The van der Waals surface area contributed by atoms with Crippen LogP contribution in [0.2, 0.25) is 0 Å². The average molecular weight is 288 g/mol. The van der Waals surface area contributed by atoms with Crippen molar-refractivity contribution in [1.29, 1.82) is 0 Å². The molecule has 116 valence electrons. The second kappa shape index (κ2) is 6.77. The molecular formula is C17H28N4. The van der Waals surface area contributed by atoms with Crippen LogP contribution in [0.15, 0.2) is 24.3 Å². The summed E-state index contributed by atoms with van der Waals surface area (Å²) in [5, 5.41) is 0. The van der Waals surface area contributed by atoms with E-state index in [-0.39, 0.29) is 0 Å². The Hall–Kier alpha value is -1.10. The molecule has 0 bridgehead atoms. The van der Waals surface area contributed by atoms with Crippen LogP contribution >= 0.6 is 0 Å². The lowest BCUT2D eigenvalue weighted by atomic mass is 9.95. The number of piperazine rings is 1. The predicted molar refractivity (Wildman–Crippen MR) is 88.9 cm³/mol. The Kier molecular flexibility index (Phi) is 4.78. The molecule has 0 spiro atoms. The molecule has 0 saturated carbocycles. The van der Waals surface area contributed by atoms with Crippen molar-refractivity contribution < 1.29 is 0 Å². The maximum Gasteiger partial charge on any atom is 0.0416 e. The molecule has 0 aliphatic carbocycles. The van der Waals surface area contributed by atoms with Gasteiger partial charge in [0.15, 0.2) is 0 Å². The van der Waals surface area contributed by atoms with Gasteiger partial charge < -0.3 is 15.5 Å².